The van der Waals surface area contributed by atoms with Crippen LogP contribution in [0.1, 0.15) is 69.8 Å². The highest BCUT2D eigenvalue weighted by atomic mass is 32.2. The van der Waals surface area contributed by atoms with Crippen LogP contribution in [-0.4, -0.2) is 26.4 Å². The number of nitrogens with zero attached hydrogens (tertiary/aromatic N) is 3. The Balaban J connectivity index is 1.91. The maximum Gasteiger partial charge on any atom is 0.234 e. The molecule has 0 bridgehead atoms. The van der Waals surface area contributed by atoms with Gasteiger partial charge >= 0.3 is 0 Å². The van der Waals surface area contributed by atoms with E-state index in [9.17, 15) is 4.79 Å². The normalized spacial score (nSPS) is 11.0. The number of para-hydroxylation sites is 1. The predicted molar refractivity (Wildman–Crippen MR) is 118 cm³/mol. The number of carbonyl (C=O) groups excluding carboxylic acids is 1. The van der Waals surface area contributed by atoms with Gasteiger partial charge in [0.15, 0.2) is 5.16 Å². The molecule has 2 rings (SSSR count). The zero-order valence-corrected chi connectivity index (χ0v) is 18.6. The molecule has 1 heterocycles. The number of thioether (sulfide) groups is 1. The zero-order chi connectivity index (χ0) is 20.4. The molecule has 154 valence electrons. The van der Waals surface area contributed by atoms with Gasteiger partial charge in [-0.1, -0.05) is 69.5 Å². The highest BCUT2D eigenvalue weighted by molar-refractivity contribution is 7.99. The van der Waals surface area contributed by atoms with Gasteiger partial charge in [0.2, 0.25) is 5.91 Å². The summed E-state index contributed by atoms with van der Waals surface area (Å²) in [5.74, 6) is 1.38. The van der Waals surface area contributed by atoms with Gasteiger partial charge in [-0.05, 0) is 37.8 Å². The third-order valence-corrected chi connectivity index (χ3v) is 5.92. The van der Waals surface area contributed by atoms with E-state index in [0.717, 1.165) is 48.0 Å². The number of anilines is 1. The molecule has 0 spiro atoms. The second kappa shape index (κ2) is 11.9. The number of unbranched alkanes of at least 4 members (excludes halogenated alkanes) is 4. The first-order valence-electron chi connectivity index (χ1n) is 10.5. The van der Waals surface area contributed by atoms with Crippen molar-refractivity contribution in [3.8, 4) is 0 Å². The number of aryl methyl sites for hydroxylation is 3. The third kappa shape index (κ3) is 6.36. The molecule has 1 N–H and O–H groups in total. The van der Waals surface area contributed by atoms with Crippen LogP contribution >= 0.6 is 11.8 Å². The molecule has 6 heteroatoms. The number of benzene rings is 1. The van der Waals surface area contributed by atoms with Gasteiger partial charge in [0.05, 0.1) is 5.75 Å². The quantitative estimate of drug-likeness (QED) is 0.381. The second-order valence-corrected chi connectivity index (χ2v) is 8.05. The molecule has 1 amide bonds. The van der Waals surface area contributed by atoms with E-state index in [-0.39, 0.29) is 5.91 Å². The smallest absolute Gasteiger partial charge is 0.234 e. The Morgan fingerprint density at radius 1 is 1.11 bits per heavy atom. The van der Waals surface area contributed by atoms with Crippen molar-refractivity contribution in [3.63, 3.8) is 0 Å². The summed E-state index contributed by atoms with van der Waals surface area (Å²) in [6.07, 6.45) is 8.10. The molecule has 0 aliphatic rings. The number of carbonyl (C=O) groups is 1. The molecule has 28 heavy (non-hydrogen) atoms. The Kier molecular flexibility index (Phi) is 9.55. The molecule has 2 aromatic rings. The van der Waals surface area contributed by atoms with E-state index in [4.69, 9.17) is 0 Å². The van der Waals surface area contributed by atoms with Crippen LogP contribution in [0.15, 0.2) is 23.4 Å². The highest BCUT2D eigenvalue weighted by Crippen LogP contribution is 2.23. The molecule has 0 radical (unpaired) electrons. The summed E-state index contributed by atoms with van der Waals surface area (Å²) in [5.41, 5.74) is 3.21. The Labute approximate surface area is 173 Å². The molecule has 1 aromatic carbocycles. The fraction of sp³-hybridized carbons (Fsp3) is 0.591. The lowest BCUT2D eigenvalue weighted by atomic mass is 10.1. The molecule has 0 fully saturated rings. The SMILES string of the molecule is CCCCCCCc1nnc(SCC(=O)Nc2c(C)cccc2CC)n1CC. The predicted octanol–water partition coefficient (Wildman–Crippen LogP) is 5.41. The van der Waals surface area contributed by atoms with Crippen molar-refractivity contribution in [2.45, 2.75) is 84.3 Å². The average Bonchev–Trinajstić information content (AvgIpc) is 3.09. The van der Waals surface area contributed by atoms with Gasteiger partial charge in [-0.3, -0.25) is 4.79 Å². The van der Waals surface area contributed by atoms with Gasteiger partial charge in [-0.2, -0.15) is 0 Å². The summed E-state index contributed by atoms with van der Waals surface area (Å²) in [5, 5.41) is 12.6. The van der Waals surface area contributed by atoms with E-state index < -0.39 is 0 Å². The highest BCUT2D eigenvalue weighted by Gasteiger charge is 2.14. The number of rotatable bonds is 12. The lowest BCUT2D eigenvalue weighted by molar-refractivity contribution is -0.113. The van der Waals surface area contributed by atoms with Crippen LogP contribution in [0.3, 0.4) is 0 Å². The monoisotopic (exact) mass is 402 g/mol. The van der Waals surface area contributed by atoms with E-state index in [1.807, 2.05) is 19.1 Å². The van der Waals surface area contributed by atoms with E-state index in [1.165, 1.54) is 43.0 Å². The molecule has 0 saturated heterocycles. The topological polar surface area (TPSA) is 59.8 Å². The van der Waals surface area contributed by atoms with Crippen LogP contribution in [-0.2, 0) is 24.2 Å². The van der Waals surface area contributed by atoms with Crippen molar-refractivity contribution in [2.24, 2.45) is 0 Å². The summed E-state index contributed by atoms with van der Waals surface area (Å²) in [4.78, 5) is 12.5. The molecule has 1 aromatic heterocycles. The van der Waals surface area contributed by atoms with Crippen LogP contribution in [0, 0.1) is 6.92 Å². The molecule has 0 saturated carbocycles. The van der Waals surface area contributed by atoms with E-state index in [0.29, 0.717) is 5.75 Å². The van der Waals surface area contributed by atoms with Crippen molar-refractivity contribution in [2.75, 3.05) is 11.1 Å². The summed E-state index contributed by atoms with van der Waals surface area (Å²) in [6, 6.07) is 6.13. The molecule has 5 nitrogen and oxygen atoms in total. The minimum atomic E-state index is 0.000712. The molecule has 0 unspecified atom stereocenters. The van der Waals surface area contributed by atoms with Crippen LogP contribution in [0.2, 0.25) is 0 Å². The van der Waals surface area contributed by atoms with Gasteiger partial charge in [-0.15, -0.1) is 10.2 Å². The third-order valence-electron chi connectivity index (χ3n) is 4.95. The first-order valence-corrected chi connectivity index (χ1v) is 11.5. The fourth-order valence-corrected chi connectivity index (χ4v) is 4.14. The van der Waals surface area contributed by atoms with Crippen LogP contribution in [0.4, 0.5) is 5.69 Å². The zero-order valence-electron chi connectivity index (χ0n) is 17.8. The minimum Gasteiger partial charge on any atom is -0.325 e. The summed E-state index contributed by atoms with van der Waals surface area (Å²) in [6.45, 7) is 9.30. The first-order chi connectivity index (χ1) is 13.6. The summed E-state index contributed by atoms with van der Waals surface area (Å²) in [7, 11) is 0. The van der Waals surface area contributed by atoms with Gasteiger partial charge in [0.25, 0.3) is 0 Å². The average molecular weight is 403 g/mol. The van der Waals surface area contributed by atoms with E-state index in [2.05, 4.69) is 46.9 Å². The maximum absolute atomic E-state index is 12.5. The number of nitrogens with one attached hydrogen (secondary N) is 1. The molecular formula is C22H34N4OS. The van der Waals surface area contributed by atoms with Crippen molar-refractivity contribution < 1.29 is 4.79 Å². The number of hydrogen-bond donors (Lipinski definition) is 1. The molecule has 0 aliphatic heterocycles. The Morgan fingerprint density at radius 3 is 2.61 bits per heavy atom. The number of aromatic nitrogens is 3. The Bertz CT molecular complexity index is 757. The summed E-state index contributed by atoms with van der Waals surface area (Å²) < 4.78 is 2.14. The van der Waals surface area contributed by atoms with Gasteiger partial charge in [-0.25, -0.2) is 0 Å². The van der Waals surface area contributed by atoms with Gasteiger partial charge in [0.1, 0.15) is 5.82 Å². The Hall–Kier alpha value is -1.82. The van der Waals surface area contributed by atoms with Crippen molar-refractivity contribution in [3.05, 3.63) is 35.2 Å². The molecule has 0 aliphatic carbocycles. The minimum absolute atomic E-state index is 0.000712. The Morgan fingerprint density at radius 2 is 1.89 bits per heavy atom. The van der Waals surface area contributed by atoms with Crippen molar-refractivity contribution in [1.82, 2.24) is 14.8 Å². The van der Waals surface area contributed by atoms with E-state index in [1.54, 1.807) is 0 Å². The number of hydrogen-bond acceptors (Lipinski definition) is 4. The molecule has 0 atom stereocenters. The van der Waals surface area contributed by atoms with Crippen molar-refractivity contribution >= 4 is 23.4 Å². The van der Waals surface area contributed by atoms with E-state index >= 15 is 0 Å². The maximum atomic E-state index is 12.5. The largest absolute Gasteiger partial charge is 0.325 e. The number of amides is 1. The fourth-order valence-electron chi connectivity index (χ4n) is 3.32. The standard InChI is InChI=1S/C22H34N4OS/c1-5-8-9-10-11-15-19-24-25-22(26(19)7-3)28-16-20(27)23-21-17(4)13-12-14-18(21)6-2/h12-14H,5-11,15-16H2,1-4H3,(H,23,27). The first kappa shape index (κ1) is 22.5. The van der Waals surface area contributed by atoms with Crippen LogP contribution < -0.4 is 5.32 Å². The van der Waals surface area contributed by atoms with Gasteiger partial charge < -0.3 is 9.88 Å². The van der Waals surface area contributed by atoms with Crippen LogP contribution in [0.5, 0.6) is 0 Å². The lowest BCUT2D eigenvalue weighted by Gasteiger charge is -2.13. The summed E-state index contributed by atoms with van der Waals surface area (Å²) >= 11 is 1.46. The van der Waals surface area contributed by atoms with Crippen molar-refractivity contribution in [1.29, 1.82) is 0 Å². The lowest BCUT2D eigenvalue weighted by Crippen LogP contribution is -2.16. The second-order valence-electron chi connectivity index (χ2n) is 7.11. The van der Waals surface area contributed by atoms with Gasteiger partial charge in [0, 0.05) is 18.7 Å². The molecular weight excluding hydrogens is 368 g/mol. The van der Waals surface area contributed by atoms with Crippen LogP contribution in [0.25, 0.3) is 0 Å².